The van der Waals surface area contributed by atoms with Crippen LogP contribution in [-0.2, 0) is 11.3 Å². The van der Waals surface area contributed by atoms with E-state index < -0.39 is 0 Å². The van der Waals surface area contributed by atoms with Crippen LogP contribution in [-0.4, -0.2) is 30.4 Å². The summed E-state index contributed by atoms with van der Waals surface area (Å²) in [6.45, 7) is 1.96. The van der Waals surface area contributed by atoms with Gasteiger partial charge in [-0.25, -0.2) is 0 Å². The molecule has 0 amide bonds. The molecule has 108 valence electrons. The number of fused-ring (bicyclic) bond motifs is 1. The summed E-state index contributed by atoms with van der Waals surface area (Å²) in [6.07, 6.45) is 0. The summed E-state index contributed by atoms with van der Waals surface area (Å²) in [5, 5.41) is 9.58. The van der Waals surface area contributed by atoms with Crippen LogP contribution in [0, 0.1) is 0 Å². The van der Waals surface area contributed by atoms with E-state index in [1.807, 2.05) is 18.2 Å². The lowest BCUT2D eigenvalue weighted by molar-refractivity contribution is 0.197. The highest BCUT2D eigenvalue weighted by molar-refractivity contribution is 5.86. The molecule has 0 fully saturated rings. The van der Waals surface area contributed by atoms with Crippen molar-refractivity contribution < 1.29 is 9.26 Å². The normalized spacial score (nSPS) is 11.1. The number of aromatic nitrogens is 2. The van der Waals surface area contributed by atoms with E-state index >= 15 is 0 Å². The van der Waals surface area contributed by atoms with E-state index in [0.717, 1.165) is 12.1 Å². The molecular formula is C16H17N3O2. The number of benzene rings is 2. The molecule has 0 aliphatic heterocycles. The van der Waals surface area contributed by atoms with Crippen molar-refractivity contribution in [1.29, 1.82) is 0 Å². The van der Waals surface area contributed by atoms with E-state index in [2.05, 4.69) is 39.7 Å². The molecule has 0 bridgehead atoms. The molecule has 3 rings (SSSR count). The average Bonchev–Trinajstić information content (AvgIpc) is 3.00. The van der Waals surface area contributed by atoms with E-state index in [9.17, 15) is 0 Å². The highest BCUT2D eigenvalue weighted by atomic mass is 16.5. The van der Waals surface area contributed by atoms with Crippen LogP contribution in [0.3, 0.4) is 0 Å². The van der Waals surface area contributed by atoms with Crippen LogP contribution in [0.4, 0.5) is 0 Å². The second-order valence-corrected chi connectivity index (χ2v) is 4.74. The molecule has 0 aliphatic carbocycles. The summed E-state index contributed by atoms with van der Waals surface area (Å²) in [4.78, 5) is 4.40. The lowest BCUT2D eigenvalue weighted by atomic mass is 10.1. The van der Waals surface area contributed by atoms with Gasteiger partial charge in [-0.15, -0.1) is 0 Å². The Bertz CT molecular complexity index is 724. The molecule has 5 nitrogen and oxygen atoms in total. The molecule has 21 heavy (non-hydrogen) atoms. The molecule has 0 unspecified atom stereocenters. The summed E-state index contributed by atoms with van der Waals surface area (Å²) in [5.41, 5.74) is 0.959. The lowest BCUT2D eigenvalue weighted by Crippen LogP contribution is -2.18. The summed E-state index contributed by atoms with van der Waals surface area (Å²) >= 11 is 0. The zero-order valence-corrected chi connectivity index (χ0v) is 11.9. The number of hydrogen-bond donors (Lipinski definition) is 1. The summed E-state index contributed by atoms with van der Waals surface area (Å²) in [6, 6.07) is 14.4. The highest BCUT2D eigenvalue weighted by Crippen LogP contribution is 2.22. The molecular weight excluding hydrogens is 266 g/mol. The van der Waals surface area contributed by atoms with Crippen molar-refractivity contribution in [3.8, 4) is 11.4 Å². The average molecular weight is 283 g/mol. The van der Waals surface area contributed by atoms with Crippen LogP contribution < -0.4 is 5.32 Å². The Kier molecular flexibility index (Phi) is 4.23. The highest BCUT2D eigenvalue weighted by Gasteiger charge is 2.08. The fourth-order valence-electron chi connectivity index (χ4n) is 2.14. The number of ether oxygens (including phenoxy) is 1. The van der Waals surface area contributed by atoms with Gasteiger partial charge in [-0.05, 0) is 16.8 Å². The van der Waals surface area contributed by atoms with E-state index in [4.69, 9.17) is 9.26 Å². The molecule has 0 saturated heterocycles. The van der Waals surface area contributed by atoms with E-state index in [-0.39, 0.29) is 0 Å². The molecule has 0 spiro atoms. The van der Waals surface area contributed by atoms with Crippen molar-refractivity contribution in [2.24, 2.45) is 0 Å². The standard InChI is InChI=1S/C16H17N3O2/c1-20-9-8-17-11-15-18-16(19-21-15)14-7-6-12-4-2-3-5-13(12)10-14/h2-7,10,17H,8-9,11H2,1H3. The fourth-order valence-corrected chi connectivity index (χ4v) is 2.14. The van der Waals surface area contributed by atoms with Gasteiger partial charge in [0, 0.05) is 19.2 Å². The zero-order chi connectivity index (χ0) is 14.5. The van der Waals surface area contributed by atoms with Crippen LogP contribution in [0.1, 0.15) is 5.89 Å². The van der Waals surface area contributed by atoms with Gasteiger partial charge in [0.05, 0.1) is 13.2 Å². The number of rotatable bonds is 6. The third-order valence-corrected chi connectivity index (χ3v) is 3.23. The largest absolute Gasteiger partial charge is 0.383 e. The molecule has 0 saturated carbocycles. The minimum atomic E-state index is 0.546. The van der Waals surface area contributed by atoms with Crippen molar-refractivity contribution in [2.45, 2.75) is 6.54 Å². The Balaban J connectivity index is 1.75. The van der Waals surface area contributed by atoms with E-state index in [1.165, 1.54) is 10.8 Å². The molecule has 1 aromatic heterocycles. The van der Waals surface area contributed by atoms with Crippen molar-refractivity contribution in [3.63, 3.8) is 0 Å². The van der Waals surface area contributed by atoms with Gasteiger partial charge >= 0.3 is 0 Å². The Hall–Kier alpha value is -2.24. The Morgan fingerprint density at radius 1 is 1.14 bits per heavy atom. The van der Waals surface area contributed by atoms with E-state index in [0.29, 0.717) is 24.9 Å². The Labute approximate surface area is 122 Å². The van der Waals surface area contributed by atoms with Crippen molar-refractivity contribution >= 4 is 10.8 Å². The SMILES string of the molecule is COCCNCc1nc(-c2ccc3ccccc3c2)no1. The molecule has 0 aliphatic rings. The first-order chi connectivity index (χ1) is 10.4. The predicted octanol–water partition coefficient (Wildman–Crippen LogP) is 2.63. The Morgan fingerprint density at radius 3 is 2.86 bits per heavy atom. The molecule has 1 N–H and O–H groups in total. The minimum absolute atomic E-state index is 0.546. The number of nitrogens with zero attached hydrogens (tertiary/aromatic N) is 2. The van der Waals surface area contributed by atoms with Crippen molar-refractivity contribution in [2.75, 3.05) is 20.3 Å². The predicted molar refractivity (Wildman–Crippen MR) is 80.8 cm³/mol. The van der Waals surface area contributed by atoms with Crippen LogP contribution in [0.25, 0.3) is 22.2 Å². The van der Waals surface area contributed by atoms with Gasteiger partial charge in [0.25, 0.3) is 0 Å². The van der Waals surface area contributed by atoms with Gasteiger partial charge in [0.1, 0.15) is 0 Å². The summed E-state index contributed by atoms with van der Waals surface area (Å²) < 4.78 is 10.2. The van der Waals surface area contributed by atoms with Crippen LogP contribution in [0.15, 0.2) is 47.0 Å². The zero-order valence-electron chi connectivity index (χ0n) is 11.9. The fraction of sp³-hybridized carbons (Fsp3) is 0.250. The molecule has 3 aromatic rings. The van der Waals surface area contributed by atoms with Gasteiger partial charge in [0.2, 0.25) is 11.7 Å². The van der Waals surface area contributed by atoms with Crippen molar-refractivity contribution in [3.05, 3.63) is 48.4 Å². The quantitative estimate of drug-likeness (QED) is 0.705. The molecule has 0 radical (unpaired) electrons. The van der Waals surface area contributed by atoms with Gasteiger partial charge < -0.3 is 14.6 Å². The third-order valence-electron chi connectivity index (χ3n) is 3.23. The van der Waals surface area contributed by atoms with Gasteiger partial charge in [-0.1, -0.05) is 41.6 Å². The molecule has 0 atom stereocenters. The van der Waals surface area contributed by atoms with E-state index in [1.54, 1.807) is 7.11 Å². The maximum atomic E-state index is 5.25. The number of hydrogen-bond acceptors (Lipinski definition) is 5. The number of methoxy groups -OCH3 is 1. The maximum Gasteiger partial charge on any atom is 0.240 e. The van der Waals surface area contributed by atoms with Crippen LogP contribution in [0.2, 0.25) is 0 Å². The van der Waals surface area contributed by atoms with Crippen LogP contribution in [0.5, 0.6) is 0 Å². The Morgan fingerprint density at radius 2 is 2.00 bits per heavy atom. The smallest absolute Gasteiger partial charge is 0.240 e. The summed E-state index contributed by atoms with van der Waals surface area (Å²) in [5.74, 6) is 1.19. The topological polar surface area (TPSA) is 60.2 Å². The summed E-state index contributed by atoms with van der Waals surface area (Å²) in [7, 11) is 1.67. The van der Waals surface area contributed by atoms with Gasteiger partial charge in [0.15, 0.2) is 0 Å². The molecule has 5 heteroatoms. The third kappa shape index (κ3) is 3.26. The second kappa shape index (κ2) is 6.47. The molecule has 1 heterocycles. The second-order valence-electron chi connectivity index (χ2n) is 4.74. The minimum Gasteiger partial charge on any atom is -0.383 e. The van der Waals surface area contributed by atoms with Crippen molar-refractivity contribution in [1.82, 2.24) is 15.5 Å². The van der Waals surface area contributed by atoms with Gasteiger partial charge in [-0.3, -0.25) is 0 Å². The first-order valence-corrected chi connectivity index (χ1v) is 6.88. The first kappa shape index (κ1) is 13.7. The lowest BCUT2D eigenvalue weighted by Gasteiger charge is -1.99. The van der Waals surface area contributed by atoms with Gasteiger partial charge in [-0.2, -0.15) is 4.98 Å². The van der Waals surface area contributed by atoms with Crippen LogP contribution >= 0.6 is 0 Å². The maximum absolute atomic E-state index is 5.25. The first-order valence-electron chi connectivity index (χ1n) is 6.88. The number of nitrogens with one attached hydrogen (secondary N) is 1. The monoisotopic (exact) mass is 283 g/mol. The molecule has 2 aromatic carbocycles.